The number of amides is 1. The monoisotopic (exact) mass is 393 g/mol. The Kier molecular flexibility index (Phi) is 5.96. The fraction of sp³-hybridized carbons (Fsp3) is 0.474. The first kappa shape index (κ1) is 19.6. The highest BCUT2D eigenvalue weighted by Gasteiger charge is 2.24. The summed E-state index contributed by atoms with van der Waals surface area (Å²) in [7, 11) is 0. The van der Waals surface area contributed by atoms with Gasteiger partial charge in [0.2, 0.25) is 5.91 Å². The van der Waals surface area contributed by atoms with Gasteiger partial charge in [0.05, 0.1) is 17.9 Å². The number of aryl methyl sites for hydroxylation is 1. The van der Waals surface area contributed by atoms with Gasteiger partial charge in [0, 0.05) is 42.8 Å². The maximum Gasteiger partial charge on any atom is 0.307 e. The van der Waals surface area contributed by atoms with Crippen LogP contribution in [-0.2, 0) is 16.1 Å². The molecule has 1 aromatic heterocycles. The summed E-state index contributed by atoms with van der Waals surface area (Å²) >= 11 is 1.12. The van der Waals surface area contributed by atoms with Crippen molar-refractivity contribution in [2.24, 2.45) is 0 Å². The van der Waals surface area contributed by atoms with Gasteiger partial charge < -0.3 is 19.5 Å². The van der Waals surface area contributed by atoms with Gasteiger partial charge in [-0.25, -0.2) is 4.39 Å². The predicted octanol–water partition coefficient (Wildman–Crippen LogP) is 3.00. The first-order valence-corrected chi connectivity index (χ1v) is 9.86. The minimum absolute atomic E-state index is 0.0384. The molecular weight excluding hydrogens is 369 g/mol. The van der Waals surface area contributed by atoms with Crippen LogP contribution in [0.15, 0.2) is 28.4 Å². The van der Waals surface area contributed by atoms with Crippen molar-refractivity contribution in [3.63, 3.8) is 0 Å². The lowest BCUT2D eigenvalue weighted by molar-refractivity contribution is -0.116. The number of rotatable bonds is 5. The van der Waals surface area contributed by atoms with E-state index < -0.39 is 0 Å². The highest BCUT2D eigenvalue weighted by Crippen LogP contribution is 2.26. The van der Waals surface area contributed by atoms with Crippen LogP contribution < -0.4 is 15.1 Å². The van der Waals surface area contributed by atoms with Crippen LogP contribution in [0.4, 0.5) is 15.8 Å². The summed E-state index contributed by atoms with van der Waals surface area (Å²) in [5.41, 5.74) is 1.75. The number of aromatic nitrogens is 1. The second kappa shape index (κ2) is 8.22. The van der Waals surface area contributed by atoms with Gasteiger partial charge in [0.1, 0.15) is 5.82 Å². The number of thiazole rings is 1. The lowest BCUT2D eigenvalue weighted by Crippen LogP contribution is -2.45. The van der Waals surface area contributed by atoms with Crippen LogP contribution in [0.2, 0.25) is 0 Å². The normalized spacial score (nSPS) is 19.9. The first-order valence-electron chi connectivity index (χ1n) is 8.98. The molecule has 27 heavy (non-hydrogen) atoms. The largest absolute Gasteiger partial charge is 0.372 e. The summed E-state index contributed by atoms with van der Waals surface area (Å²) in [5.74, 6) is -0.632. The molecule has 8 heteroatoms. The number of benzene rings is 1. The molecule has 1 amide bonds. The second-order valence-electron chi connectivity index (χ2n) is 6.92. The minimum Gasteiger partial charge on any atom is -0.372 e. The number of anilines is 2. The summed E-state index contributed by atoms with van der Waals surface area (Å²) in [6, 6.07) is 4.71. The molecule has 2 heterocycles. The SMILES string of the molecule is Cc1csc(=O)n1CCC(=O)Nc1ccc(N2C[C@@H](C)O[C@@H](C)C2)c(F)c1. The van der Waals surface area contributed by atoms with Crippen molar-refractivity contribution in [3.05, 3.63) is 44.8 Å². The Hall–Kier alpha value is -2.19. The summed E-state index contributed by atoms with van der Waals surface area (Å²) in [6.07, 6.45) is 0.229. The third-order valence-corrected chi connectivity index (χ3v) is 5.41. The molecule has 1 N–H and O–H groups in total. The number of morpholine rings is 1. The Morgan fingerprint density at radius 3 is 2.63 bits per heavy atom. The molecule has 0 spiro atoms. The Labute approximate surface area is 161 Å². The van der Waals surface area contributed by atoms with E-state index in [1.165, 1.54) is 6.07 Å². The molecule has 0 saturated carbocycles. The van der Waals surface area contributed by atoms with Crippen LogP contribution in [0.5, 0.6) is 0 Å². The number of halogens is 1. The van der Waals surface area contributed by atoms with Crippen LogP contribution in [0.1, 0.15) is 26.0 Å². The van der Waals surface area contributed by atoms with Crippen LogP contribution >= 0.6 is 11.3 Å². The smallest absolute Gasteiger partial charge is 0.307 e. The Bertz CT molecular complexity index is 869. The molecule has 2 aromatic rings. The fourth-order valence-electron chi connectivity index (χ4n) is 3.33. The number of nitrogens with one attached hydrogen (secondary N) is 1. The van der Waals surface area contributed by atoms with Crippen LogP contribution in [0.3, 0.4) is 0 Å². The van der Waals surface area contributed by atoms with Gasteiger partial charge in [-0.15, -0.1) is 0 Å². The highest BCUT2D eigenvalue weighted by atomic mass is 32.1. The summed E-state index contributed by atoms with van der Waals surface area (Å²) in [4.78, 5) is 25.7. The molecule has 1 aliphatic rings. The van der Waals surface area contributed by atoms with Gasteiger partial charge in [-0.05, 0) is 39.0 Å². The number of nitrogens with zero attached hydrogens (tertiary/aromatic N) is 2. The molecular formula is C19H24FN3O3S. The number of carbonyl (C=O) groups is 1. The van der Waals surface area contributed by atoms with Crippen molar-refractivity contribution in [1.29, 1.82) is 0 Å². The lowest BCUT2D eigenvalue weighted by atomic mass is 10.2. The molecule has 6 nitrogen and oxygen atoms in total. The zero-order chi connectivity index (χ0) is 19.6. The van der Waals surface area contributed by atoms with Crippen molar-refractivity contribution in [1.82, 2.24) is 4.57 Å². The molecule has 0 bridgehead atoms. The Morgan fingerprint density at radius 2 is 2.04 bits per heavy atom. The summed E-state index contributed by atoms with van der Waals surface area (Å²) in [5, 5.41) is 4.46. The van der Waals surface area contributed by atoms with Gasteiger partial charge in [0.15, 0.2) is 0 Å². The van der Waals surface area contributed by atoms with E-state index in [4.69, 9.17) is 4.74 Å². The summed E-state index contributed by atoms with van der Waals surface area (Å²) < 4.78 is 21.8. The third-order valence-electron chi connectivity index (χ3n) is 4.53. The summed E-state index contributed by atoms with van der Waals surface area (Å²) in [6.45, 7) is 7.33. The average Bonchev–Trinajstić information content (AvgIpc) is 2.90. The molecule has 3 rings (SSSR count). The number of hydrogen-bond acceptors (Lipinski definition) is 5. The lowest BCUT2D eigenvalue weighted by Gasteiger charge is -2.37. The molecule has 1 saturated heterocycles. The van der Waals surface area contributed by atoms with E-state index in [-0.39, 0.29) is 35.2 Å². The molecule has 1 aromatic carbocycles. The van der Waals surface area contributed by atoms with Gasteiger partial charge in [-0.3, -0.25) is 9.59 Å². The molecule has 0 unspecified atom stereocenters. The Morgan fingerprint density at radius 1 is 1.33 bits per heavy atom. The van der Waals surface area contributed by atoms with E-state index in [1.807, 2.05) is 25.7 Å². The number of carbonyl (C=O) groups excluding carboxylic acids is 1. The topological polar surface area (TPSA) is 63.6 Å². The predicted molar refractivity (Wildman–Crippen MR) is 105 cm³/mol. The van der Waals surface area contributed by atoms with Crippen molar-refractivity contribution in [2.45, 2.75) is 45.9 Å². The van der Waals surface area contributed by atoms with Crippen LogP contribution in [-0.4, -0.2) is 35.8 Å². The van der Waals surface area contributed by atoms with Gasteiger partial charge >= 0.3 is 4.87 Å². The molecule has 146 valence electrons. The Balaban J connectivity index is 1.62. The van der Waals surface area contributed by atoms with Crippen LogP contribution in [0, 0.1) is 12.7 Å². The second-order valence-corrected chi connectivity index (χ2v) is 7.74. The van der Waals surface area contributed by atoms with Crippen molar-refractivity contribution in [3.8, 4) is 0 Å². The standard InChI is InChI=1S/C19H24FN3O3S/c1-12-11-27-19(25)23(12)7-6-18(24)21-15-4-5-17(16(20)8-15)22-9-13(2)26-14(3)10-22/h4-5,8,11,13-14H,6-7,9-10H2,1-3H3,(H,21,24)/t13-,14+. The molecule has 1 aliphatic heterocycles. The van der Waals surface area contributed by atoms with Gasteiger partial charge in [0.25, 0.3) is 0 Å². The maximum absolute atomic E-state index is 14.6. The zero-order valence-corrected chi connectivity index (χ0v) is 16.5. The highest BCUT2D eigenvalue weighted by molar-refractivity contribution is 7.07. The van der Waals surface area contributed by atoms with E-state index in [1.54, 1.807) is 22.1 Å². The maximum atomic E-state index is 14.6. The van der Waals surface area contributed by atoms with E-state index >= 15 is 0 Å². The van der Waals surface area contributed by atoms with Gasteiger partial charge in [-0.2, -0.15) is 0 Å². The van der Waals surface area contributed by atoms with E-state index in [0.29, 0.717) is 31.0 Å². The molecule has 0 radical (unpaired) electrons. The molecule has 1 fully saturated rings. The van der Waals surface area contributed by atoms with E-state index in [2.05, 4.69) is 5.32 Å². The molecule has 0 aliphatic carbocycles. The van der Waals surface area contributed by atoms with E-state index in [0.717, 1.165) is 17.0 Å². The quantitative estimate of drug-likeness (QED) is 0.848. The first-order chi connectivity index (χ1) is 12.8. The van der Waals surface area contributed by atoms with Crippen molar-refractivity contribution in [2.75, 3.05) is 23.3 Å². The van der Waals surface area contributed by atoms with Gasteiger partial charge in [-0.1, -0.05) is 11.3 Å². The zero-order valence-electron chi connectivity index (χ0n) is 15.7. The van der Waals surface area contributed by atoms with Crippen LogP contribution in [0.25, 0.3) is 0 Å². The van der Waals surface area contributed by atoms with Crippen molar-refractivity contribution < 1.29 is 13.9 Å². The minimum atomic E-state index is -0.376. The molecule has 2 atom stereocenters. The average molecular weight is 393 g/mol. The van der Waals surface area contributed by atoms with E-state index in [9.17, 15) is 14.0 Å². The fourth-order valence-corrected chi connectivity index (χ4v) is 4.09. The number of ether oxygens (including phenoxy) is 1. The number of hydrogen-bond donors (Lipinski definition) is 1. The van der Waals surface area contributed by atoms with Crippen molar-refractivity contribution >= 4 is 28.6 Å². The third kappa shape index (κ3) is 4.75.